The second kappa shape index (κ2) is 14.3. The van der Waals surface area contributed by atoms with E-state index in [1.54, 1.807) is 42.5 Å². The summed E-state index contributed by atoms with van der Waals surface area (Å²) in [5.74, 6) is 1.41. The van der Waals surface area contributed by atoms with Gasteiger partial charge in [-0.25, -0.2) is 0 Å². The van der Waals surface area contributed by atoms with Crippen molar-refractivity contribution in [3.8, 4) is 56.8 Å². The molecule has 0 fully saturated rings. The van der Waals surface area contributed by atoms with Gasteiger partial charge in [-0.15, -0.1) is 0 Å². The normalized spacial score (nSPS) is 11.3. The Bertz CT molecular complexity index is 3120. The molecule has 0 saturated carbocycles. The van der Waals surface area contributed by atoms with Crippen molar-refractivity contribution in [3.63, 3.8) is 0 Å². The van der Waals surface area contributed by atoms with Crippen molar-refractivity contribution in [1.82, 2.24) is 0 Å². The van der Waals surface area contributed by atoms with Gasteiger partial charge in [0, 0.05) is 5.56 Å². The lowest BCUT2D eigenvalue weighted by Gasteiger charge is -2.16. The van der Waals surface area contributed by atoms with Gasteiger partial charge in [-0.05, 0) is 162 Å². The Morgan fingerprint density at radius 1 is 0.379 bits per heavy atom. The molecule has 0 aliphatic heterocycles. The zero-order chi connectivity index (χ0) is 39.2. The van der Waals surface area contributed by atoms with Gasteiger partial charge in [0.2, 0.25) is 5.78 Å². The molecular formula is C53H34O5. The van der Waals surface area contributed by atoms with Crippen molar-refractivity contribution in [3.05, 3.63) is 205 Å². The number of ketones is 1. The molecule has 0 radical (unpaired) electrons. The third-order valence-electron chi connectivity index (χ3n) is 10.7. The number of carbonyl (C=O) groups is 1. The number of hydrogen-bond donors (Lipinski definition) is 2. The van der Waals surface area contributed by atoms with Gasteiger partial charge in [0.15, 0.2) is 0 Å². The molecule has 0 heterocycles. The monoisotopic (exact) mass is 750 g/mol. The van der Waals surface area contributed by atoms with Crippen molar-refractivity contribution in [2.75, 3.05) is 0 Å². The van der Waals surface area contributed by atoms with Crippen molar-refractivity contribution in [2.24, 2.45) is 0 Å². The van der Waals surface area contributed by atoms with Crippen molar-refractivity contribution in [2.45, 2.75) is 0 Å². The van der Waals surface area contributed by atoms with Crippen molar-refractivity contribution >= 4 is 48.9 Å². The summed E-state index contributed by atoms with van der Waals surface area (Å²) in [5.41, 5.74) is 4.94. The van der Waals surface area contributed by atoms with Crippen LogP contribution in [0.1, 0.15) is 15.9 Å². The molecule has 5 nitrogen and oxygen atoms in total. The Kier molecular flexibility index (Phi) is 8.54. The Balaban J connectivity index is 1.03. The molecule has 0 spiro atoms. The molecule has 0 bridgehead atoms. The number of carbonyl (C=O) groups excluding carboxylic acids is 1. The molecule has 2 N–H and O–H groups in total. The zero-order valence-electron chi connectivity index (χ0n) is 31.1. The molecule has 0 aromatic heterocycles. The molecule has 5 heteroatoms. The van der Waals surface area contributed by atoms with Gasteiger partial charge in [-0.3, -0.25) is 4.79 Å². The average molecular weight is 751 g/mol. The van der Waals surface area contributed by atoms with E-state index in [0.29, 0.717) is 28.6 Å². The van der Waals surface area contributed by atoms with E-state index in [0.717, 1.165) is 22.3 Å². The molecule has 58 heavy (non-hydrogen) atoms. The molecule has 276 valence electrons. The van der Waals surface area contributed by atoms with Crippen LogP contribution >= 0.6 is 0 Å². The van der Waals surface area contributed by atoms with Crippen LogP contribution in [0.5, 0.6) is 34.5 Å². The summed E-state index contributed by atoms with van der Waals surface area (Å²) in [6, 6.07) is 62.5. The maximum atomic E-state index is 14.4. The number of benzene rings is 10. The fraction of sp³-hybridized carbons (Fsp3) is 0. The lowest BCUT2D eigenvalue weighted by atomic mass is 9.89. The van der Waals surface area contributed by atoms with Crippen LogP contribution in [0.2, 0.25) is 0 Å². The van der Waals surface area contributed by atoms with Gasteiger partial charge in [-0.1, -0.05) is 97.1 Å². The average Bonchev–Trinajstić information content (AvgIpc) is 3.26. The molecule has 0 atom stereocenters. The smallest absolute Gasteiger partial charge is 0.200 e. The largest absolute Gasteiger partial charge is 0.508 e. The van der Waals surface area contributed by atoms with Gasteiger partial charge < -0.3 is 19.7 Å². The first kappa shape index (κ1) is 34.6. The van der Waals surface area contributed by atoms with E-state index >= 15 is 0 Å². The second-order valence-electron chi connectivity index (χ2n) is 14.4. The fourth-order valence-corrected chi connectivity index (χ4v) is 7.78. The summed E-state index contributed by atoms with van der Waals surface area (Å²) in [6.45, 7) is 0. The number of rotatable bonds is 8. The lowest BCUT2D eigenvalue weighted by molar-refractivity contribution is 0.103. The molecule has 0 aliphatic rings. The van der Waals surface area contributed by atoms with E-state index in [9.17, 15) is 15.0 Å². The summed E-state index contributed by atoms with van der Waals surface area (Å²) >= 11 is 0. The summed E-state index contributed by atoms with van der Waals surface area (Å²) in [7, 11) is 0. The fourth-order valence-electron chi connectivity index (χ4n) is 7.78. The van der Waals surface area contributed by atoms with Gasteiger partial charge in [0.25, 0.3) is 0 Å². The van der Waals surface area contributed by atoms with Gasteiger partial charge in [0.1, 0.15) is 40.1 Å². The van der Waals surface area contributed by atoms with Crippen LogP contribution in [0, 0.1) is 0 Å². The first-order valence-electron chi connectivity index (χ1n) is 19.0. The molecule has 0 amide bonds. The molecular weight excluding hydrogens is 717 g/mol. The van der Waals surface area contributed by atoms with Crippen molar-refractivity contribution in [1.29, 1.82) is 0 Å². The highest BCUT2D eigenvalue weighted by atomic mass is 16.5. The standard InChI is InChI=1S/C53H34O5/c54-42-19-23-44(24-20-42)57-50-13-6-14-51(58-45-25-21-43(55)22-26-45)52(50)53(56)34-17-15-33(16-18-34)35-11-5-12-40(27-35)46-32-41-28-36-7-1-2-8-37(36)29-47(41)49-31-39-10-4-3-9-38(39)30-48(46)49/h1-32,54-55H. The lowest BCUT2D eigenvalue weighted by Crippen LogP contribution is -2.06. The predicted octanol–water partition coefficient (Wildman–Crippen LogP) is 13.9. The van der Waals surface area contributed by atoms with Crippen LogP contribution in [0.4, 0.5) is 0 Å². The van der Waals surface area contributed by atoms with Crippen LogP contribution in [0.15, 0.2) is 194 Å². The second-order valence-corrected chi connectivity index (χ2v) is 14.4. The van der Waals surface area contributed by atoms with Crippen LogP contribution < -0.4 is 9.47 Å². The first-order chi connectivity index (χ1) is 28.4. The topological polar surface area (TPSA) is 76.0 Å². The van der Waals surface area contributed by atoms with Crippen molar-refractivity contribution < 1.29 is 24.5 Å². The van der Waals surface area contributed by atoms with Crippen LogP contribution in [-0.2, 0) is 0 Å². The minimum absolute atomic E-state index is 0.103. The predicted molar refractivity (Wildman–Crippen MR) is 234 cm³/mol. The highest BCUT2D eigenvalue weighted by Crippen LogP contribution is 2.41. The Hall–Kier alpha value is -7.89. The molecule has 0 unspecified atom stereocenters. The summed E-state index contributed by atoms with van der Waals surface area (Å²) in [4.78, 5) is 14.4. The Morgan fingerprint density at radius 2 is 0.879 bits per heavy atom. The van der Waals surface area contributed by atoms with Crippen LogP contribution in [0.3, 0.4) is 0 Å². The minimum Gasteiger partial charge on any atom is -0.508 e. The Morgan fingerprint density at radius 3 is 1.47 bits per heavy atom. The van der Waals surface area contributed by atoms with E-state index in [-0.39, 0.29) is 22.8 Å². The molecule has 0 saturated heterocycles. The quantitative estimate of drug-likeness (QED) is 0.0919. The highest BCUT2D eigenvalue weighted by Gasteiger charge is 2.22. The zero-order valence-corrected chi connectivity index (χ0v) is 31.1. The number of ether oxygens (including phenoxy) is 2. The maximum Gasteiger partial charge on any atom is 0.200 e. The Labute approximate surface area is 334 Å². The van der Waals surface area contributed by atoms with Gasteiger partial charge in [0.05, 0.1) is 0 Å². The molecule has 10 aromatic carbocycles. The first-order valence-corrected chi connectivity index (χ1v) is 19.0. The third kappa shape index (κ3) is 6.51. The van der Waals surface area contributed by atoms with E-state index in [2.05, 4.69) is 103 Å². The SMILES string of the molecule is O=C(c1ccc(-c2cccc(-c3cc4cc5ccccc5cc4c4cc5ccccc5cc34)c2)cc1)c1c(Oc2ccc(O)cc2)cccc1Oc1ccc(O)cc1. The van der Waals surface area contributed by atoms with Gasteiger partial charge >= 0.3 is 0 Å². The summed E-state index contributed by atoms with van der Waals surface area (Å²) < 4.78 is 12.4. The summed E-state index contributed by atoms with van der Waals surface area (Å²) in [5, 5.41) is 29.3. The highest BCUT2D eigenvalue weighted by molar-refractivity contribution is 6.20. The van der Waals surface area contributed by atoms with Gasteiger partial charge in [-0.2, -0.15) is 0 Å². The maximum absolute atomic E-state index is 14.4. The van der Waals surface area contributed by atoms with E-state index in [4.69, 9.17) is 9.47 Å². The van der Waals surface area contributed by atoms with E-state index in [1.165, 1.54) is 67.4 Å². The number of hydrogen-bond acceptors (Lipinski definition) is 5. The van der Waals surface area contributed by atoms with Crippen LogP contribution in [-0.4, -0.2) is 16.0 Å². The minimum atomic E-state index is -0.286. The van der Waals surface area contributed by atoms with Crippen LogP contribution in [0.25, 0.3) is 65.3 Å². The number of aromatic hydroxyl groups is 2. The molecule has 0 aliphatic carbocycles. The molecule has 10 rings (SSSR count). The summed E-state index contributed by atoms with van der Waals surface area (Å²) in [6.07, 6.45) is 0. The third-order valence-corrected chi connectivity index (χ3v) is 10.7. The molecule has 10 aromatic rings. The van der Waals surface area contributed by atoms with E-state index < -0.39 is 0 Å². The number of phenols is 2. The van der Waals surface area contributed by atoms with E-state index in [1.807, 2.05) is 24.3 Å². The number of fused-ring (bicyclic) bond motifs is 5. The number of phenolic OH excluding ortho intramolecular Hbond substituents is 2.